The molecule has 0 radical (unpaired) electrons. The Kier molecular flexibility index (Phi) is 4.76. The Morgan fingerprint density at radius 2 is 1.95 bits per heavy atom. The zero-order valence-electron chi connectivity index (χ0n) is 9.21. The highest BCUT2D eigenvalue weighted by molar-refractivity contribution is 9.10. The van der Waals surface area contributed by atoms with Crippen molar-refractivity contribution in [1.29, 1.82) is 0 Å². The summed E-state index contributed by atoms with van der Waals surface area (Å²) in [7, 11) is 0. The number of halogens is 4. The SMILES string of the molecule is O=C(NCC(F)(F)F)Nc1cc(C(=O)O)ccc1Br. The summed E-state index contributed by atoms with van der Waals surface area (Å²) in [5, 5.41) is 12.5. The number of hydrogen-bond acceptors (Lipinski definition) is 2. The van der Waals surface area contributed by atoms with Crippen LogP contribution in [0.5, 0.6) is 0 Å². The molecule has 1 rings (SSSR count). The summed E-state index contributed by atoms with van der Waals surface area (Å²) >= 11 is 3.04. The Morgan fingerprint density at radius 1 is 1.32 bits per heavy atom. The van der Waals surface area contributed by atoms with Crippen molar-refractivity contribution in [1.82, 2.24) is 5.32 Å². The summed E-state index contributed by atoms with van der Waals surface area (Å²) in [5.41, 5.74) is -0.0473. The lowest BCUT2D eigenvalue weighted by molar-refractivity contribution is -0.122. The monoisotopic (exact) mass is 340 g/mol. The van der Waals surface area contributed by atoms with Gasteiger partial charge >= 0.3 is 18.2 Å². The fourth-order valence-electron chi connectivity index (χ4n) is 1.10. The Morgan fingerprint density at radius 3 is 2.47 bits per heavy atom. The molecule has 0 aromatic heterocycles. The lowest BCUT2D eigenvalue weighted by Crippen LogP contribution is -2.36. The van der Waals surface area contributed by atoms with E-state index in [1.165, 1.54) is 12.1 Å². The van der Waals surface area contributed by atoms with E-state index in [9.17, 15) is 22.8 Å². The van der Waals surface area contributed by atoms with E-state index in [-0.39, 0.29) is 11.3 Å². The summed E-state index contributed by atoms with van der Waals surface area (Å²) < 4.78 is 36.0. The maximum absolute atomic E-state index is 11.9. The number of nitrogens with one attached hydrogen (secondary N) is 2. The van der Waals surface area contributed by atoms with E-state index in [1.807, 2.05) is 0 Å². The maximum Gasteiger partial charge on any atom is 0.405 e. The molecular formula is C10H8BrF3N2O3. The average Bonchev–Trinajstić information content (AvgIpc) is 2.28. The second-order valence-corrected chi connectivity index (χ2v) is 4.28. The maximum atomic E-state index is 11.9. The van der Waals surface area contributed by atoms with E-state index in [0.29, 0.717) is 4.47 Å². The molecule has 2 amide bonds. The predicted octanol–water partition coefficient (Wildman–Crippen LogP) is 2.83. The van der Waals surface area contributed by atoms with Crippen LogP contribution in [0.25, 0.3) is 0 Å². The van der Waals surface area contributed by atoms with Crippen molar-refractivity contribution >= 4 is 33.6 Å². The number of amides is 2. The molecule has 0 saturated carbocycles. The molecule has 0 bridgehead atoms. The second-order valence-electron chi connectivity index (χ2n) is 3.42. The number of aromatic carboxylic acids is 1. The van der Waals surface area contributed by atoms with Gasteiger partial charge in [-0.05, 0) is 34.1 Å². The van der Waals surface area contributed by atoms with Crippen LogP contribution in [-0.2, 0) is 0 Å². The van der Waals surface area contributed by atoms with Gasteiger partial charge in [0.2, 0.25) is 0 Å². The number of carboxylic acid groups (broad SMARTS) is 1. The van der Waals surface area contributed by atoms with Crippen LogP contribution in [0.1, 0.15) is 10.4 Å². The number of benzene rings is 1. The van der Waals surface area contributed by atoms with Crippen molar-refractivity contribution < 1.29 is 27.9 Å². The van der Waals surface area contributed by atoms with E-state index >= 15 is 0 Å². The zero-order valence-corrected chi connectivity index (χ0v) is 10.8. The van der Waals surface area contributed by atoms with Crippen LogP contribution in [0.3, 0.4) is 0 Å². The average molecular weight is 341 g/mol. The fourth-order valence-corrected chi connectivity index (χ4v) is 1.45. The quantitative estimate of drug-likeness (QED) is 0.791. The summed E-state index contributed by atoms with van der Waals surface area (Å²) in [6.45, 7) is -1.48. The Balaban J connectivity index is 2.73. The van der Waals surface area contributed by atoms with Crippen LogP contribution in [-0.4, -0.2) is 29.8 Å². The first-order valence-corrected chi connectivity index (χ1v) is 5.63. The van der Waals surface area contributed by atoms with Gasteiger partial charge in [-0.1, -0.05) is 0 Å². The normalized spacial score (nSPS) is 10.9. The Hall–Kier alpha value is -1.77. The van der Waals surface area contributed by atoms with Gasteiger partial charge in [-0.3, -0.25) is 0 Å². The fraction of sp³-hybridized carbons (Fsp3) is 0.200. The minimum Gasteiger partial charge on any atom is -0.478 e. The number of alkyl halides is 3. The lowest BCUT2D eigenvalue weighted by atomic mass is 10.2. The van der Waals surface area contributed by atoms with Gasteiger partial charge in [0.05, 0.1) is 11.3 Å². The van der Waals surface area contributed by atoms with Crippen molar-refractivity contribution in [2.24, 2.45) is 0 Å². The molecule has 5 nitrogen and oxygen atoms in total. The summed E-state index contributed by atoms with van der Waals surface area (Å²) in [5.74, 6) is -1.22. The molecule has 0 aliphatic heterocycles. The summed E-state index contributed by atoms with van der Waals surface area (Å²) in [6, 6.07) is 2.69. The number of carbonyl (C=O) groups excluding carboxylic acids is 1. The van der Waals surface area contributed by atoms with E-state index in [2.05, 4.69) is 21.2 Å². The van der Waals surface area contributed by atoms with Crippen molar-refractivity contribution in [2.45, 2.75) is 6.18 Å². The molecule has 1 aromatic carbocycles. The van der Waals surface area contributed by atoms with E-state index < -0.39 is 24.7 Å². The predicted molar refractivity (Wildman–Crippen MR) is 64.2 cm³/mol. The summed E-state index contributed by atoms with van der Waals surface area (Å²) in [4.78, 5) is 21.9. The molecule has 19 heavy (non-hydrogen) atoms. The molecule has 0 saturated heterocycles. The summed E-state index contributed by atoms with van der Waals surface area (Å²) in [6.07, 6.45) is -4.52. The molecule has 0 atom stereocenters. The third-order valence-corrected chi connectivity index (χ3v) is 2.60. The van der Waals surface area contributed by atoms with E-state index in [0.717, 1.165) is 6.07 Å². The minimum absolute atomic E-state index is 0.0552. The lowest BCUT2D eigenvalue weighted by Gasteiger charge is -2.11. The van der Waals surface area contributed by atoms with Gasteiger partial charge in [-0.25, -0.2) is 9.59 Å². The van der Waals surface area contributed by atoms with E-state index in [1.54, 1.807) is 5.32 Å². The third-order valence-electron chi connectivity index (χ3n) is 1.91. The number of hydrogen-bond donors (Lipinski definition) is 3. The highest BCUT2D eigenvalue weighted by atomic mass is 79.9. The Bertz CT molecular complexity index is 505. The molecule has 0 unspecified atom stereocenters. The van der Waals surface area contributed by atoms with Crippen molar-refractivity contribution in [3.05, 3.63) is 28.2 Å². The molecule has 0 fully saturated rings. The zero-order chi connectivity index (χ0) is 14.6. The molecule has 0 spiro atoms. The first-order chi connectivity index (χ1) is 8.69. The van der Waals surface area contributed by atoms with Gasteiger partial charge in [0.1, 0.15) is 6.54 Å². The van der Waals surface area contributed by atoms with Crippen molar-refractivity contribution in [3.8, 4) is 0 Å². The molecule has 104 valence electrons. The van der Waals surface area contributed by atoms with Gasteiger partial charge in [0, 0.05) is 4.47 Å². The van der Waals surface area contributed by atoms with Gasteiger partial charge in [0.25, 0.3) is 0 Å². The molecule has 0 aliphatic carbocycles. The van der Waals surface area contributed by atoms with Crippen LogP contribution < -0.4 is 10.6 Å². The van der Waals surface area contributed by atoms with Gasteiger partial charge in [0.15, 0.2) is 0 Å². The first-order valence-electron chi connectivity index (χ1n) is 4.83. The second kappa shape index (κ2) is 5.91. The smallest absolute Gasteiger partial charge is 0.405 e. The molecule has 3 N–H and O–H groups in total. The number of carbonyl (C=O) groups is 2. The number of carboxylic acids is 1. The van der Waals surface area contributed by atoms with Crippen LogP contribution in [0.2, 0.25) is 0 Å². The van der Waals surface area contributed by atoms with Crippen LogP contribution in [0.15, 0.2) is 22.7 Å². The van der Waals surface area contributed by atoms with Gasteiger partial charge in [-0.15, -0.1) is 0 Å². The highest BCUT2D eigenvalue weighted by Crippen LogP contribution is 2.23. The third kappa shape index (κ3) is 5.16. The van der Waals surface area contributed by atoms with Gasteiger partial charge in [-0.2, -0.15) is 13.2 Å². The molecule has 0 aliphatic rings. The number of urea groups is 1. The van der Waals surface area contributed by atoms with Crippen molar-refractivity contribution in [2.75, 3.05) is 11.9 Å². The minimum atomic E-state index is -4.52. The van der Waals surface area contributed by atoms with Gasteiger partial charge < -0.3 is 15.7 Å². The van der Waals surface area contributed by atoms with Crippen molar-refractivity contribution in [3.63, 3.8) is 0 Å². The number of anilines is 1. The first kappa shape index (κ1) is 15.3. The molecule has 0 heterocycles. The molecule has 9 heteroatoms. The standard InChI is InChI=1S/C10H8BrF3N2O3/c11-6-2-1-5(8(17)18)3-7(6)16-9(19)15-4-10(12,13)14/h1-3H,4H2,(H,17,18)(H2,15,16,19). The largest absolute Gasteiger partial charge is 0.478 e. The van der Waals surface area contributed by atoms with Crippen LogP contribution in [0, 0.1) is 0 Å². The Labute approximate surface area is 113 Å². The molecule has 1 aromatic rings. The van der Waals surface area contributed by atoms with E-state index in [4.69, 9.17) is 5.11 Å². The molecular weight excluding hydrogens is 333 g/mol. The highest BCUT2D eigenvalue weighted by Gasteiger charge is 2.27. The van der Waals surface area contributed by atoms with Crippen LogP contribution in [0.4, 0.5) is 23.7 Å². The topological polar surface area (TPSA) is 78.4 Å². The van der Waals surface area contributed by atoms with Crippen LogP contribution >= 0.6 is 15.9 Å². The number of rotatable bonds is 3.